The third-order valence-corrected chi connectivity index (χ3v) is 9.01. The van der Waals surface area contributed by atoms with Crippen LogP contribution in [0.5, 0.6) is 5.75 Å². The van der Waals surface area contributed by atoms with E-state index in [9.17, 15) is 22.4 Å². The standard InChI is InChI=1S/C30H37F4N3O2/c1-28(2)11-4-14-37(28)27(38)22-5-7-24(25(31)17-22)26-8-6-23(18-35-26)39-19-21-9-15-36(16-10-21)20-29(12-3-13-29)30(32,33)34/h5-8,17-18,21H,3-4,9-16,19-20H2,1-2H3. The summed E-state index contributed by atoms with van der Waals surface area (Å²) in [7, 11) is 0. The fourth-order valence-corrected chi connectivity index (χ4v) is 6.21. The minimum absolute atomic E-state index is 0.109. The van der Waals surface area contributed by atoms with Crippen LogP contribution in [-0.4, -0.2) is 65.2 Å². The highest BCUT2D eigenvalue weighted by atomic mass is 19.4. The molecule has 2 aliphatic heterocycles. The first kappa shape index (κ1) is 27.9. The molecule has 0 atom stereocenters. The van der Waals surface area contributed by atoms with Gasteiger partial charge in [0.05, 0.1) is 23.9 Å². The third kappa shape index (κ3) is 5.79. The number of carbonyl (C=O) groups is 1. The van der Waals surface area contributed by atoms with Crippen molar-refractivity contribution >= 4 is 5.91 Å². The number of halogens is 4. The summed E-state index contributed by atoms with van der Waals surface area (Å²) in [6.07, 6.45) is 2.04. The summed E-state index contributed by atoms with van der Waals surface area (Å²) in [5.74, 6) is 0.177. The second-order valence-corrected chi connectivity index (χ2v) is 12.1. The highest BCUT2D eigenvalue weighted by Crippen LogP contribution is 2.53. The van der Waals surface area contributed by atoms with E-state index in [0.29, 0.717) is 55.2 Å². The van der Waals surface area contributed by atoms with Gasteiger partial charge in [0.15, 0.2) is 0 Å². The zero-order chi connectivity index (χ0) is 27.8. The molecule has 2 aromatic rings. The maximum Gasteiger partial charge on any atom is 0.395 e. The number of ether oxygens (including phenoxy) is 1. The first-order valence-electron chi connectivity index (χ1n) is 14.0. The lowest BCUT2D eigenvalue weighted by Gasteiger charge is -2.47. The summed E-state index contributed by atoms with van der Waals surface area (Å²) in [5.41, 5.74) is -0.646. The Bertz CT molecular complexity index is 1170. The molecule has 0 spiro atoms. The molecule has 0 N–H and O–H groups in total. The van der Waals surface area contributed by atoms with Gasteiger partial charge in [0.25, 0.3) is 5.91 Å². The average Bonchev–Trinajstić information content (AvgIpc) is 3.23. The van der Waals surface area contributed by atoms with Crippen LogP contribution in [0.4, 0.5) is 17.6 Å². The molecule has 39 heavy (non-hydrogen) atoms. The Balaban J connectivity index is 1.12. The fraction of sp³-hybridized carbons (Fsp3) is 0.600. The van der Waals surface area contributed by atoms with Gasteiger partial charge in [0.2, 0.25) is 0 Å². The Morgan fingerprint density at radius 1 is 1.05 bits per heavy atom. The van der Waals surface area contributed by atoms with Gasteiger partial charge in [-0.1, -0.05) is 6.42 Å². The number of alkyl halides is 3. The maximum atomic E-state index is 15.0. The Morgan fingerprint density at radius 2 is 1.79 bits per heavy atom. The molecule has 3 heterocycles. The SMILES string of the molecule is CC1(C)CCCN1C(=O)c1ccc(-c2ccc(OCC3CCN(CC4(C(F)(F)F)CCC4)CC3)cn2)c(F)c1. The number of piperidine rings is 1. The molecule has 1 aromatic heterocycles. The molecule has 0 unspecified atom stereocenters. The molecule has 0 radical (unpaired) electrons. The quantitative estimate of drug-likeness (QED) is 0.361. The summed E-state index contributed by atoms with van der Waals surface area (Å²) >= 11 is 0. The number of rotatable bonds is 7. The largest absolute Gasteiger partial charge is 0.492 e. The number of hydrogen-bond acceptors (Lipinski definition) is 4. The molecule has 2 saturated heterocycles. The molecule has 1 aromatic carbocycles. The summed E-state index contributed by atoms with van der Waals surface area (Å²) in [4.78, 5) is 21.1. The molecule has 9 heteroatoms. The number of nitrogens with zero attached hydrogens (tertiary/aromatic N) is 3. The van der Waals surface area contributed by atoms with Crippen molar-refractivity contribution in [3.05, 3.63) is 47.9 Å². The second kappa shape index (κ2) is 10.7. The molecule has 0 bridgehead atoms. The molecule has 1 saturated carbocycles. The van der Waals surface area contributed by atoms with Crippen molar-refractivity contribution in [3.8, 4) is 17.0 Å². The Morgan fingerprint density at radius 3 is 2.33 bits per heavy atom. The molecular weight excluding hydrogens is 510 g/mol. The van der Waals surface area contributed by atoms with E-state index in [0.717, 1.165) is 25.7 Å². The van der Waals surface area contributed by atoms with Gasteiger partial charge in [-0.15, -0.1) is 0 Å². The van der Waals surface area contributed by atoms with Gasteiger partial charge in [0.1, 0.15) is 11.6 Å². The van der Waals surface area contributed by atoms with Gasteiger partial charge in [-0.2, -0.15) is 13.2 Å². The van der Waals surface area contributed by atoms with Gasteiger partial charge < -0.3 is 14.5 Å². The van der Waals surface area contributed by atoms with Crippen LogP contribution in [-0.2, 0) is 0 Å². The van der Waals surface area contributed by atoms with Crippen molar-refractivity contribution in [2.45, 2.75) is 70.5 Å². The molecule has 1 aliphatic carbocycles. The highest BCUT2D eigenvalue weighted by Gasteiger charge is 2.58. The number of pyridine rings is 1. The number of aromatic nitrogens is 1. The summed E-state index contributed by atoms with van der Waals surface area (Å²) in [6.45, 7) is 6.61. The lowest BCUT2D eigenvalue weighted by molar-refractivity contribution is -0.256. The van der Waals surface area contributed by atoms with Gasteiger partial charge in [-0.05, 0) is 102 Å². The van der Waals surface area contributed by atoms with E-state index in [-0.39, 0.29) is 36.8 Å². The summed E-state index contributed by atoms with van der Waals surface area (Å²) in [6, 6.07) is 7.96. The first-order chi connectivity index (χ1) is 18.5. The van der Waals surface area contributed by atoms with Crippen molar-refractivity contribution in [3.63, 3.8) is 0 Å². The third-order valence-electron chi connectivity index (χ3n) is 9.01. The smallest absolute Gasteiger partial charge is 0.395 e. The number of amides is 1. The highest BCUT2D eigenvalue weighted by molar-refractivity contribution is 5.95. The van der Waals surface area contributed by atoms with Crippen molar-refractivity contribution in [1.82, 2.24) is 14.8 Å². The van der Waals surface area contributed by atoms with E-state index in [1.54, 1.807) is 30.5 Å². The molecule has 5 nitrogen and oxygen atoms in total. The molecule has 5 rings (SSSR count). The van der Waals surface area contributed by atoms with Gasteiger partial charge in [-0.25, -0.2) is 4.39 Å². The molecule has 3 aliphatic rings. The van der Waals surface area contributed by atoms with Crippen LogP contribution in [0.25, 0.3) is 11.3 Å². The van der Waals surface area contributed by atoms with Crippen LogP contribution >= 0.6 is 0 Å². The van der Waals surface area contributed by atoms with Gasteiger partial charge in [0, 0.05) is 29.8 Å². The number of carbonyl (C=O) groups excluding carboxylic acids is 1. The van der Waals surface area contributed by atoms with Crippen LogP contribution in [0, 0.1) is 17.2 Å². The molecule has 3 fully saturated rings. The maximum absolute atomic E-state index is 15.0. The lowest BCUT2D eigenvalue weighted by atomic mass is 9.67. The van der Waals surface area contributed by atoms with E-state index in [2.05, 4.69) is 4.98 Å². The van der Waals surface area contributed by atoms with E-state index in [1.165, 1.54) is 6.07 Å². The summed E-state index contributed by atoms with van der Waals surface area (Å²) in [5, 5.41) is 0. The minimum atomic E-state index is -4.13. The van der Waals surface area contributed by atoms with Crippen molar-refractivity contribution in [1.29, 1.82) is 0 Å². The van der Waals surface area contributed by atoms with Crippen LogP contribution in [0.3, 0.4) is 0 Å². The number of hydrogen-bond donors (Lipinski definition) is 0. The Labute approximate surface area is 227 Å². The van der Waals surface area contributed by atoms with E-state index in [4.69, 9.17) is 4.74 Å². The van der Waals surface area contributed by atoms with Gasteiger partial charge in [-0.3, -0.25) is 9.78 Å². The van der Waals surface area contributed by atoms with Crippen molar-refractivity contribution in [2.75, 3.05) is 32.8 Å². The average molecular weight is 548 g/mol. The predicted octanol–water partition coefficient (Wildman–Crippen LogP) is 6.73. The summed E-state index contributed by atoms with van der Waals surface area (Å²) < 4.78 is 61.4. The minimum Gasteiger partial charge on any atom is -0.492 e. The predicted molar refractivity (Wildman–Crippen MR) is 141 cm³/mol. The van der Waals surface area contributed by atoms with E-state index >= 15 is 0 Å². The van der Waals surface area contributed by atoms with Gasteiger partial charge >= 0.3 is 6.18 Å². The number of benzene rings is 1. The van der Waals surface area contributed by atoms with E-state index in [1.807, 2.05) is 23.6 Å². The number of likely N-dealkylation sites (tertiary alicyclic amines) is 2. The fourth-order valence-electron chi connectivity index (χ4n) is 6.21. The van der Waals surface area contributed by atoms with E-state index < -0.39 is 17.4 Å². The van der Waals surface area contributed by atoms with Crippen LogP contribution < -0.4 is 4.74 Å². The van der Waals surface area contributed by atoms with Crippen molar-refractivity contribution in [2.24, 2.45) is 11.3 Å². The molecule has 212 valence electrons. The zero-order valence-corrected chi connectivity index (χ0v) is 22.7. The monoisotopic (exact) mass is 547 g/mol. The molecule has 1 amide bonds. The van der Waals surface area contributed by atoms with Crippen LogP contribution in [0.2, 0.25) is 0 Å². The zero-order valence-electron chi connectivity index (χ0n) is 22.7. The first-order valence-corrected chi connectivity index (χ1v) is 14.0. The van der Waals surface area contributed by atoms with Crippen molar-refractivity contribution < 1.29 is 27.1 Å². The Hall–Kier alpha value is -2.68. The Kier molecular flexibility index (Phi) is 7.65. The molecular formula is C30H37F4N3O2. The lowest BCUT2D eigenvalue weighted by Crippen LogP contribution is -2.53. The van der Waals surface area contributed by atoms with Crippen LogP contribution in [0.15, 0.2) is 36.5 Å². The van der Waals surface area contributed by atoms with Crippen LogP contribution in [0.1, 0.15) is 69.2 Å². The normalized spacial score (nSPS) is 21.5. The second-order valence-electron chi connectivity index (χ2n) is 12.1. The topological polar surface area (TPSA) is 45.7 Å².